The zero-order valence-electron chi connectivity index (χ0n) is 16.3. The molecule has 1 atom stereocenters. The van der Waals surface area contributed by atoms with E-state index < -0.39 is 27.1 Å². The van der Waals surface area contributed by atoms with E-state index in [1.165, 1.54) is 18.2 Å². The molecule has 0 fully saturated rings. The van der Waals surface area contributed by atoms with Crippen LogP contribution in [-0.4, -0.2) is 18.7 Å². The first-order valence-electron chi connectivity index (χ1n) is 8.90. The Morgan fingerprint density at radius 2 is 1.50 bits per heavy atom. The van der Waals surface area contributed by atoms with Crippen molar-refractivity contribution in [3.8, 4) is 5.75 Å². The smallest absolute Gasteiger partial charge is 0.333 e. The van der Waals surface area contributed by atoms with Crippen LogP contribution >= 0.6 is 0 Å². The van der Waals surface area contributed by atoms with Crippen LogP contribution in [0.15, 0.2) is 82.6 Å². The maximum atomic E-state index is 12.3. The second-order valence-corrected chi connectivity index (χ2v) is 9.32. The maximum Gasteiger partial charge on any atom is 0.333 e. The number of hydrogen-bond donors (Lipinski definition) is 2. The summed E-state index contributed by atoms with van der Waals surface area (Å²) in [6.07, 6.45) is 0. The Bertz CT molecular complexity index is 1170. The molecular formula is C21H20N2O5S2. The highest BCUT2D eigenvalue weighted by Gasteiger charge is 2.17. The van der Waals surface area contributed by atoms with Gasteiger partial charge in [0.05, 0.1) is 9.79 Å². The number of urea groups is 1. The van der Waals surface area contributed by atoms with Crippen molar-refractivity contribution in [3.05, 3.63) is 83.9 Å². The first-order valence-corrected chi connectivity index (χ1v) is 11.5. The summed E-state index contributed by atoms with van der Waals surface area (Å²) < 4.78 is 44.3. The highest BCUT2D eigenvalue weighted by atomic mass is 32.2. The average molecular weight is 445 g/mol. The summed E-state index contributed by atoms with van der Waals surface area (Å²) in [7, 11) is -4.01. The third-order valence-corrected chi connectivity index (χ3v) is 6.38. The Kier molecular flexibility index (Phi) is 6.53. The van der Waals surface area contributed by atoms with Crippen molar-refractivity contribution in [2.75, 3.05) is 5.32 Å². The molecule has 156 valence electrons. The van der Waals surface area contributed by atoms with Crippen molar-refractivity contribution in [2.45, 2.75) is 23.6 Å². The normalized spacial score (nSPS) is 12.1. The fourth-order valence-corrected chi connectivity index (χ4v) is 4.11. The van der Waals surface area contributed by atoms with Gasteiger partial charge in [0.25, 0.3) is 10.0 Å². The number of benzene rings is 3. The van der Waals surface area contributed by atoms with E-state index in [9.17, 15) is 17.4 Å². The average Bonchev–Trinajstić information content (AvgIpc) is 2.68. The number of carbonyl (C=O) groups excluding carboxylic acids is 1. The van der Waals surface area contributed by atoms with Gasteiger partial charge in [-0.05, 0) is 50.2 Å². The van der Waals surface area contributed by atoms with Crippen LogP contribution < -0.4 is 14.2 Å². The van der Waals surface area contributed by atoms with Crippen LogP contribution in [0.1, 0.15) is 11.1 Å². The second-order valence-electron chi connectivity index (χ2n) is 6.53. The van der Waals surface area contributed by atoms with Crippen molar-refractivity contribution >= 4 is 32.8 Å². The van der Waals surface area contributed by atoms with E-state index in [1.54, 1.807) is 42.5 Å². The van der Waals surface area contributed by atoms with Crippen LogP contribution in [0.4, 0.5) is 10.5 Å². The fraction of sp³-hybridized carbons (Fsp3) is 0.0952. The molecule has 3 aromatic carbocycles. The van der Waals surface area contributed by atoms with Gasteiger partial charge < -0.3 is 9.50 Å². The van der Waals surface area contributed by atoms with E-state index in [2.05, 4.69) is 5.32 Å². The van der Waals surface area contributed by atoms with Crippen LogP contribution in [0.5, 0.6) is 5.75 Å². The van der Waals surface area contributed by atoms with Crippen molar-refractivity contribution in [1.29, 1.82) is 0 Å². The lowest BCUT2D eigenvalue weighted by Gasteiger charge is -2.10. The lowest BCUT2D eigenvalue weighted by atomic mass is 10.2. The van der Waals surface area contributed by atoms with Crippen LogP contribution in [0.3, 0.4) is 0 Å². The van der Waals surface area contributed by atoms with Crippen molar-refractivity contribution in [3.63, 3.8) is 0 Å². The summed E-state index contributed by atoms with van der Waals surface area (Å²) in [6, 6.07) is 18.4. The molecule has 3 rings (SSSR count). The zero-order chi connectivity index (χ0) is 21.7. The Hall–Kier alpha value is -3.17. The molecule has 3 aromatic rings. The largest absolute Gasteiger partial charge is 0.397 e. The van der Waals surface area contributed by atoms with Crippen LogP contribution in [0, 0.1) is 13.8 Å². The van der Waals surface area contributed by atoms with Crippen molar-refractivity contribution < 1.29 is 21.6 Å². The van der Waals surface area contributed by atoms with Gasteiger partial charge in [-0.1, -0.05) is 41.5 Å². The molecule has 9 heteroatoms. The van der Waals surface area contributed by atoms with E-state index >= 15 is 0 Å². The highest BCUT2D eigenvalue weighted by Crippen LogP contribution is 2.21. The minimum absolute atomic E-state index is 0.0196. The number of hydrogen-bond acceptors (Lipinski definition) is 5. The molecule has 0 aliphatic rings. The molecule has 7 nitrogen and oxygen atoms in total. The molecule has 0 radical (unpaired) electrons. The molecule has 1 unspecified atom stereocenters. The summed E-state index contributed by atoms with van der Waals surface area (Å²) in [5.74, 6) is 0.258. The fourth-order valence-electron chi connectivity index (χ4n) is 2.47. The molecule has 0 spiro atoms. The number of carbonyl (C=O) groups is 1. The topological polar surface area (TPSA) is 102 Å². The zero-order valence-corrected chi connectivity index (χ0v) is 17.9. The standard InChI is InChI=1S/C21H20N2O5S2/c1-15-6-10-19(11-7-15)29(25)28-18-5-3-4-17(14-18)22-21(24)23-30(26,27)20-12-8-16(2)9-13-20/h3-14H,1-2H3,(H2,22,23,24). The van der Waals surface area contributed by atoms with E-state index in [4.69, 9.17) is 4.18 Å². The molecule has 0 aromatic heterocycles. The van der Waals surface area contributed by atoms with E-state index in [0.717, 1.165) is 11.1 Å². The number of sulfonamides is 1. The van der Waals surface area contributed by atoms with Gasteiger partial charge in [0.2, 0.25) is 11.1 Å². The SMILES string of the molecule is Cc1ccc(S(=O)Oc2cccc(NC(=O)NS(=O)(=O)c3ccc(C)cc3)c2)cc1. The third-order valence-electron chi connectivity index (χ3n) is 4.04. The molecule has 0 saturated heterocycles. The Morgan fingerprint density at radius 1 is 0.900 bits per heavy atom. The van der Waals surface area contributed by atoms with E-state index in [0.29, 0.717) is 4.90 Å². The minimum Gasteiger partial charge on any atom is -0.397 e. The summed E-state index contributed by atoms with van der Waals surface area (Å²) in [4.78, 5) is 12.6. The van der Waals surface area contributed by atoms with Gasteiger partial charge in [-0.3, -0.25) is 0 Å². The van der Waals surface area contributed by atoms with Crippen molar-refractivity contribution in [1.82, 2.24) is 4.72 Å². The quantitative estimate of drug-likeness (QED) is 0.600. The molecule has 0 bridgehead atoms. The van der Waals surface area contributed by atoms with Crippen molar-refractivity contribution in [2.24, 2.45) is 0 Å². The van der Waals surface area contributed by atoms with Gasteiger partial charge in [0.1, 0.15) is 5.75 Å². The number of anilines is 1. The van der Waals surface area contributed by atoms with Crippen LogP contribution in [-0.2, 0) is 21.1 Å². The van der Waals surface area contributed by atoms with Gasteiger partial charge in [0.15, 0.2) is 0 Å². The Morgan fingerprint density at radius 3 is 2.13 bits per heavy atom. The number of amides is 2. The van der Waals surface area contributed by atoms with Gasteiger partial charge in [-0.25, -0.2) is 22.1 Å². The summed E-state index contributed by atoms with van der Waals surface area (Å²) in [5, 5.41) is 2.43. The first kappa shape index (κ1) is 21.5. The van der Waals surface area contributed by atoms with Crippen LogP contribution in [0.25, 0.3) is 0 Å². The Balaban J connectivity index is 1.65. The monoisotopic (exact) mass is 444 g/mol. The molecule has 2 N–H and O–H groups in total. The molecule has 2 amide bonds. The molecular weight excluding hydrogens is 424 g/mol. The lowest BCUT2D eigenvalue weighted by Crippen LogP contribution is -2.34. The molecule has 0 aliphatic carbocycles. The van der Waals surface area contributed by atoms with Gasteiger partial charge in [-0.2, -0.15) is 0 Å². The first-order chi connectivity index (χ1) is 14.2. The van der Waals surface area contributed by atoms with Gasteiger partial charge in [-0.15, -0.1) is 0 Å². The maximum absolute atomic E-state index is 12.3. The van der Waals surface area contributed by atoms with E-state index in [-0.39, 0.29) is 16.3 Å². The lowest BCUT2D eigenvalue weighted by molar-refractivity contribution is 0.256. The molecule has 0 saturated carbocycles. The predicted molar refractivity (Wildman–Crippen MR) is 115 cm³/mol. The molecule has 0 aliphatic heterocycles. The third kappa shape index (κ3) is 5.68. The van der Waals surface area contributed by atoms with Crippen LogP contribution in [0.2, 0.25) is 0 Å². The number of rotatable bonds is 6. The highest BCUT2D eigenvalue weighted by molar-refractivity contribution is 7.90. The summed E-state index contributed by atoms with van der Waals surface area (Å²) in [5.41, 5.74) is 2.22. The summed E-state index contributed by atoms with van der Waals surface area (Å²) in [6.45, 7) is 3.75. The second kappa shape index (κ2) is 9.10. The number of aryl methyl sites for hydroxylation is 2. The van der Waals surface area contributed by atoms with Gasteiger partial charge in [0, 0.05) is 11.8 Å². The predicted octanol–water partition coefficient (Wildman–Crippen LogP) is 3.92. The summed E-state index contributed by atoms with van der Waals surface area (Å²) >= 11 is -1.73. The minimum atomic E-state index is -4.01. The molecule has 30 heavy (non-hydrogen) atoms. The van der Waals surface area contributed by atoms with E-state index in [1.807, 2.05) is 30.7 Å². The van der Waals surface area contributed by atoms with Gasteiger partial charge >= 0.3 is 6.03 Å². The Labute approximate surface area is 177 Å². The molecule has 0 heterocycles. The number of nitrogens with one attached hydrogen (secondary N) is 2.